The van der Waals surface area contributed by atoms with E-state index in [0.717, 1.165) is 30.2 Å². The van der Waals surface area contributed by atoms with Crippen molar-refractivity contribution >= 4 is 23.0 Å². The fourth-order valence-corrected chi connectivity index (χ4v) is 2.91. The van der Waals surface area contributed by atoms with Crippen molar-refractivity contribution in [1.29, 1.82) is 0 Å². The molecule has 1 fully saturated rings. The quantitative estimate of drug-likeness (QED) is 0.881. The van der Waals surface area contributed by atoms with Gasteiger partial charge in [-0.05, 0) is 45.0 Å². The van der Waals surface area contributed by atoms with Gasteiger partial charge < -0.3 is 20.3 Å². The number of rotatable bonds is 4. The summed E-state index contributed by atoms with van der Waals surface area (Å²) in [6.45, 7) is 9.25. The molecule has 0 unspecified atom stereocenters. The zero-order chi connectivity index (χ0) is 18.6. The lowest BCUT2D eigenvalue weighted by Gasteiger charge is -2.30. The van der Waals surface area contributed by atoms with Crippen molar-refractivity contribution in [3.63, 3.8) is 0 Å². The van der Waals surface area contributed by atoms with Crippen LogP contribution in [0.2, 0.25) is 0 Å². The number of amides is 1. The van der Waals surface area contributed by atoms with Crippen LogP contribution in [0.25, 0.3) is 0 Å². The first-order chi connectivity index (χ1) is 12.4. The molecule has 1 aromatic heterocycles. The molecular weight excluding hydrogens is 328 g/mol. The van der Waals surface area contributed by atoms with Gasteiger partial charge in [-0.15, -0.1) is 0 Å². The molecule has 3 rings (SSSR count). The first-order valence-corrected chi connectivity index (χ1v) is 8.90. The average Bonchev–Trinajstić information content (AvgIpc) is 2.62. The van der Waals surface area contributed by atoms with Crippen LogP contribution < -0.4 is 15.5 Å². The number of nitrogens with zero attached hydrogens (tertiary/aromatic N) is 2. The summed E-state index contributed by atoms with van der Waals surface area (Å²) in [6, 6.07) is 11.5. The van der Waals surface area contributed by atoms with Gasteiger partial charge in [-0.1, -0.05) is 12.1 Å². The molecule has 0 aliphatic carbocycles. The molecule has 6 heteroatoms. The van der Waals surface area contributed by atoms with Crippen LogP contribution in [-0.2, 0) is 4.74 Å². The number of aromatic nitrogens is 1. The largest absolute Gasteiger partial charge is 0.380 e. The second kappa shape index (κ2) is 7.74. The molecule has 1 aliphatic heterocycles. The molecular formula is C20H26N4O2. The molecule has 0 radical (unpaired) electrons. The van der Waals surface area contributed by atoms with Gasteiger partial charge in [0.1, 0.15) is 5.69 Å². The Morgan fingerprint density at radius 1 is 1.15 bits per heavy atom. The maximum absolute atomic E-state index is 12.7. The maximum Gasteiger partial charge on any atom is 0.274 e. The lowest BCUT2D eigenvalue weighted by atomic mass is 10.1. The average molecular weight is 354 g/mol. The fourth-order valence-electron chi connectivity index (χ4n) is 2.91. The zero-order valence-electron chi connectivity index (χ0n) is 15.6. The van der Waals surface area contributed by atoms with E-state index >= 15 is 0 Å². The molecule has 6 nitrogen and oxygen atoms in total. The molecule has 0 spiro atoms. The summed E-state index contributed by atoms with van der Waals surface area (Å²) < 4.78 is 5.42. The molecule has 0 saturated carbocycles. The van der Waals surface area contributed by atoms with Crippen LogP contribution in [0.1, 0.15) is 31.3 Å². The number of ether oxygens (including phenoxy) is 1. The van der Waals surface area contributed by atoms with E-state index in [2.05, 4.69) is 41.3 Å². The van der Waals surface area contributed by atoms with Crippen molar-refractivity contribution < 1.29 is 9.53 Å². The number of hydrogen-bond donors (Lipinski definition) is 2. The summed E-state index contributed by atoms with van der Waals surface area (Å²) in [4.78, 5) is 19.2. The third kappa shape index (κ3) is 4.73. The van der Waals surface area contributed by atoms with Crippen molar-refractivity contribution in [1.82, 2.24) is 4.98 Å². The van der Waals surface area contributed by atoms with Crippen molar-refractivity contribution in [2.75, 3.05) is 41.8 Å². The summed E-state index contributed by atoms with van der Waals surface area (Å²) in [5.74, 6) is -0.219. The predicted molar refractivity (Wildman–Crippen MR) is 105 cm³/mol. The van der Waals surface area contributed by atoms with Gasteiger partial charge in [-0.2, -0.15) is 0 Å². The Morgan fingerprint density at radius 2 is 1.88 bits per heavy atom. The molecule has 2 heterocycles. The normalized spacial score (nSPS) is 14.8. The highest BCUT2D eigenvalue weighted by Gasteiger charge is 2.17. The Labute approximate surface area is 154 Å². The Balaban J connectivity index is 1.77. The number of carbonyl (C=O) groups excluding carboxylic acids is 1. The van der Waals surface area contributed by atoms with Crippen molar-refractivity contribution in [3.05, 3.63) is 48.3 Å². The number of hydrogen-bond acceptors (Lipinski definition) is 5. The first kappa shape index (κ1) is 18.2. The second-order valence-electron chi connectivity index (χ2n) is 7.38. The first-order valence-electron chi connectivity index (χ1n) is 8.90. The zero-order valence-corrected chi connectivity index (χ0v) is 15.6. The molecule has 1 aliphatic rings. The Kier molecular flexibility index (Phi) is 5.42. The molecule has 1 saturated heterocycles. The summed E-state index contributed by atoms with van der Waals surface area (Å²) in [6.07, 6.45) is 1.65. The molecule has 0 bridgehead atoms. The van der Waals surface area contributed by atoms with Crippen LogP contribution in [0.4, 0.5) is 17.1 Å². The lowest BCUT2D eigenvalue weighted by molar-refractivity contribution is 0.102. The van der Waals surface area contributed by atoms with Crippen molar-refractivity contribution in [2.24, 2.45) is 0 Å². The number of morpholine rings is 1. The summed E-state index contributed by atoms with van der Waals surface area (Å²) in [5.41, 5.74) is 2.97. The second-order valence-corrected chi connectivity index (χ2v) is 7.38. The summed E-state index contributed by atoms with van der Waals surface area (Å²) in [7, 11) is 0. The van der Waals surface area contributed by atoms with Gasteiger partial charge in [0, 0.05) is 30.5 Å². The van der Waals surface area contributed by atoms with Crippen LogP contribution in [0.3, 0.4) is 0 Å². The number of pyridine rings is 1. The smallest absolute Gasteiger partial charge is 0.274 e. The van der Waals surface area contributed by atoms with Crippen LogP contribution in [-0.4, -0.2) is 42.7 Å². The number of carbonyl (C=O) groups is 1. The molecule has 0 atom stereocenters. The monoisotopic (exact) mass is 354 g/mol. The third-order valence-electron chi connectivity index (χ3n) is 4.02. The van der Waals surface area contributed by atoms with Crippen LogP contribution in [0.5, 0.6) is 0 Å². The molecule has 26 heavy (non-hydrogen) atoms. The highest BCUT2D eigenvalue weighted by atomic mass is 16.5. The minimum atomic E-state index is -0.219. The highest BCUT2D eigenvalue weighted by molar-refractivity contribution is 6.05. The van der Waals surface area contributed by atoms with E-state index < -0.39 is 0 Å². The third-order valence-corrected chi connectivity index (χ3v) is 4.02. The maximum atomic E-state index is 12.7. The topological polar surface area (TPSA) is 66.5 Å². The van der Waals surface area contributed by atoms with Gasteiger partial charge >= 0.3 is 0 Å². The number of anilines is 3. The predicted octanol–water partition coefficient (Wildman–Crippen LogP) is 3.38. The van der Waals surface area contributed by atoms with Crippen molar-refractivity contribution in [3.8, 4) is 0 Å². The van der Waals surface area contributed by atoms with Crippen molar-refractivity contribution in [2.45, 2.75) is 26.3 Å². The van der Waals surface area contributed by atoms with Gasteiger partial charge in [-0.25, -0.2) is 0 Å². The standard InChI is InChI=1S/C20H26N4O2/c1-20(2,3)23-15-8-9-21-17(14-15)19(25)22-16-6-4-5-7-18(16)24-10-12-26-13-11-24/h4-9,14H,10-13H2,1-3H3,(H,21,23)(H,22,25). The van der Waals surface area contributed by atoms with Gasteiger partial charge in [0.15, 0.2) is 0 Å². The molecule has 138 valence electrons. The van der Waals surface area contributed by atoms with E-state index in [-0.39, 0.29) is 11.4 Å². The van der Waals surface area contributed by atoms with E-state index in [9.17, 15) is 4.79 Å². The Bertz CT molecular complexity index is 764. The molecule has 1 amide bonds. The lowest BCUT2D eigenvalue weighted by Crippen LogP contribution is -2.36. The van der Waals surface area contributed by atoms with E-state index in [1.807, 2.05) is 30.3 Å². The van der Waals surface area contributed by atoms with Crippen LogP contribution >= 0.6 is 0 Å². The van der Waals surface area contributed by atoms with Crippen LogP contribution in [0.15, 0.2) is 42.6 Å². The van der Waals surface area contributed by atoms with E-state index in [4.69, 9.17) is 4.74 Å². The highest BCUT2D eigenvalue weighted by Crippen LogP contribution is 2.27. The van der Waals surface area contributed by atoms with E-state index in [0.29, 0.717) is 18.9 Å². The van der Waals surface area contributed by atoms with E-state index in [1.54, 1.807) is 12.3 Å². The Hall–Kier alpha value is -2.60. The Morgan fingerprint density at radius 3 is 2.62 bits per heavy atom. The van der Waals surface area contributed by atoms with Gasteiger partial charge in [0.25, 0.3) is 5.91 Å². The van der Waals surface area contributed by atoms with Gasteiger partial charge in [0.2, 0.25) is 0 Å². The molecule has 2 aromatic rings. The fraction of sp³-hybridized carbons (Fsp3) is 0.400. The van der Waals surface area contributed by atoms with Crippen LogP contribution in [0, 0.1) is 0 Å². The number of para-hydroxylation sites is 2. The van der Waals surface area contributed by atoms with E-state index in [1.165, 1.54) is 0 Å². The number of benzene rings is 1. The van der Waals surface area contributed by atoms with Gasteiger partial charge in [0.05, 0.1) is 24.6 Å². The van der Waals surface area contributed by atoms with Gasteiger partial charge in [-0.3, -0.25) is 9.78 Å². The SMILES string of the molecule is CC(C)(C)Nc1ccnc(C(=O)Nc2ccccc2N2CCOCC2)c1. The number of nitrogens with one attached hydrogen (secondary N) is 2. The molecule has 1 aromatic carbocycles. The summed E-state index contributed by atoms with van der Waals surface area (Å²) in [5, 5.41) is 6.36. The minimum absolute atomic E-state index is 0.0853. The molecule has 2 N–H and O–H groups in total. The summed E-state index contributed by atoms with van der Waals surface area (Å²) >= 11 is 0. The minimum Gasteiger partial charge on any atom is -0.380 e.